The van der Waals surface area contributed by atoms with Gasteiger partial charge in [-0.05, 0) is 36.4 Å². The molecule has 3 rings (SSSR count). The smallest absolute Gasteiger partial charge is 0.259 e. The molecule has 0 unspecified atom stereocenters. The molecule has 0 aliphatic carbocycles. The Bertz CT molecular complexity index is 895. The molecular formula is C14H9Cl2N3OS. The number of hydrogen-bond acceptors (Lipinski definition) is 4. The SMILES string of the molecule is Nc1ccc2nc(Sc3ccc(Cl)c(Cl)c3)[nH]c(=O)c2c1. The lowest BCUT2D eigenvalue weighted by Gasteiger charge is -2.04. The van der Waals surface area contributed by atoms with Gasteiger partial charge in [-0.2, -0.15) is 0 Å². The molecule has 7 heteroatoms. The fourth-order valence-electron chi connectivity index (χ4n) is 1.84. The highest BCUT2D eigenvalue weighted by Gasteiger charge is 2.07. The number of H-pyrrole nitrogens is 1. The number of fused-ring (bicyclic) bond motifs is 1. The monoisotopic (exact) mass is 337 g/mol. The average molecular weight is 338 g/mol. The Hall–Kier alpha value is -1.69. The van der Waals surface area contributed by atoms with Crippen LogP contribution in [0, 0.1) is 0 Å². The number of nitrogen functional groups attached to an aromatic ring is 1. The summed E-state index contributed by atoms with van der Waals surface area (Å²) in [6.45, 7) is 0. The number of nitrogens with two attached hydrogens (primary N) is 1. The van der Waals surface area contributed by atoms with E-state index >= 15 is 0 Å². The minimum Gasteiger partial charge on any atom is -0.399 e. The van der Waals surface area contributed by atoms with Crippen LogP contribution in [0.3, 0.4) is 0 Å². The molecule has 1 heterocycles. The van der Waals surface area contributed by atoms with Crippen molar-refractivity contribution in [1.82, 2.24) is 9.97 Å². The van der Waals surface area contributed by atoms with Crippen molar-refractivity contribution in [2.45, 2.75) is 10.1 Å². The minimum absolute atomic E-state index is 0.227. The van der Waals surface area contributed by atoms with Crippen molar-refractivity contribution in [3.05, 3.63) is 56.8 Å². The molecule has 0 saturated heterocycles. The molecule has 0 saturated carbocycles. The van der Waals surface area contributed by atoms with Gasteiger partial charge in [0.1, 0.15) is 0 Å². The topological polar surface area (TPSA) is 71.8 Å². The summed E-state index contributed by atoms with van der Waals surface area (Å²) < 4.78 is 0. The molecule has 0 aliphatic rings. The van der Waals surface area contributed by atoms with Crippen LogP contribution in [-0.4, -0.2) is 9.97 Å². The summed E-state index contributed by atoms with van der Waals surface area (Å²) in [6, 6.07) is 10.3. The number of benzene rings is 2. The van der Waals surface area contributed by atoms with Gasteiger partial charge < -0.3 is 10.7 Å². The van der Waals surface area contributed by atoms with Crippen LogP contribution in [0.25, 0.3) is 10.9 Å². The number of nitrogens with zero attached hydrogens (tertiary/aromatic N) is 1. The largest absolute Gasteiger partial charge is 0.399 e. The van der Waals surface area contributed by atoms with E-state index < -0.39 is 0 Å². The second kappa shape index (κ2) is 5.60. The van der Waals surface area contributed by atoms with Gasteiger partial charge in [0.05, 0.1) is 20.9 Å². The summed E-state index contributed by atoms with van der Waals surface area (Å²) in [7, 11) is 0. The third kappa shape index (κ3) is 3.00. The van der Waals surface area contributed by atoms with Gasteiger partial charge in [-0.1, -0.05) is 35.0 Å². The predicted molar refractivity (Wildman–Crippen MR) is 87.4 cm³/mol. The molecule has 2 aromatic carbocycles. The molecule has 106 valence electrons. The molecule has 21 heavy (non-hydrogen) atoms. The van der Waals surface area contributed by atoms with Gasteiger partial charge in [0, 0.05) is 10.6 Å². The van der Waals surface area contributed by atoms with Crippen molar-refractivity contribution in [3.8, 4) is 0 Å². The number of hydrogen-bond donors (Lipinski definition) is 2. The van der Waals surface area contributed by atoms with Gasteiger partial charge in [-0.15, -0.1) is 0 Å². The van der Waals surface area contributed by atoms with Gasteiger partial charge in [0.25, 0.3) is 5.56 Å². The number of halogens is 2. The molecule has 0 bridgehead atoms. The predicted octanol–water partition coefficient (Wildman–Crippen LogP) is 3.96. The quantitative estimate of drug-likeness (QED) is 0.548. The number of rotatable bonds is 2. The number of nitrogens with one attached hydrogen (secondary N) is 1. The molecule has 0 fully saturated rings. The van der Waals surface area contributed by atoms with E-state index in [9.17, 15) is 4.79 Å². The third-order valence-corrected chi connectivity index (χ3v) is 4.43. The second-order valence-corrected chi connectivity index (χ2v) is 6.20. The van der Waals surface area contributed by atoms with Gasteiger partial charge >= 0.3 is 0 Å². The van der Waals surface area contributed by atoms with Crippen molar-refractivity contribution in [3.63, 3.8) is 0 Å². The highest BCUT2D eigenvalue weighted by atomic mass is 35.5. The lowest BCUT2D eigenvalue weighted by molar-refractivity contribution is 0.974. The Labute approximate surface area is 134 Å². The minimum atomic E-state index is -0.227. The molecule has 0 aliphatic heterocycles. The van der Waals surface area contributed by atoms with Crippen molar-refractivity contribution >= 4 is 51.6 Å². The molecule has 0 radical (unpaired) electrons. The molecule has 1 aromatic heterocycles. The normalized spacial score (nSPS) is 11.0. The third-order valence-electron chi connectivity index (χ3n) is 2.81. The van der Waals surface area contributed by atoms with E-state index in [2.05, 4.69) is 9.97 Å². The summed E-state index contributed by atoms with van der Waals surface area (Å²) in [5.74, 6) is 0. The summed E-state index contributed by atoms with van der Waals surface area (Å²) in [5.41, 5.74) is 6.57. The maximum atomic E-state index is 12.1. The maximum Gasteiger partial charge on any atom is 0.259 e. The highest BCUT2D eigenvalue weighted by molar-refractivity contribution is 7.99. The van der Waals surface area contributed by atoms with Gasteiger partial charge in [-0.3, -0.25) is 4.79 Å². The Morgan fingerprint density at radius 1 is 1.10 bits per heavy atom. The summed E-state index contributed by atoms with van der Waals surface area (Å²) in [6.07, 6.45) is 0. The van der Waals surface area contributed by atoms with Crippen LogP contribution in [0.1, 0.15) is 0 Å². The van der Waals surface area contributed by atoms with E-state index in [1.165, 1.54) is 11.8 Å². The molecule has 4 nitrogen and oxygen atoms in total. The van der Waals surface area contributed by atoms with Crippen molar-refractivity contribution in [1.29, 1.82) is 0 Å². The first kappa shape index (κ1) is 14.3. The average Bonchev–Trinajstić information content (AvgIpc) is 2.44. The first-order chi connectivity index (χ1) is 10.0. The summed E-state index contributed by atoms with van der Waals surface area (Å²) in [4.78, 5) is 20.0. The van der Waals surface area contributed by atoms with Crippen LogP contribution in [0.4, 0.5) is 5.69 Å². The summed E-state index contributed by atoms with van der Waals surface area (Å²) in [5, 5.41) is 1.89. The van der Waals surface area contributed by atoms with Crippen LogP contribution in [0.2, 0.25) is 10.0 Å². The number of aromatic nitrogens is 2. The van der Waals surface area contributed by atoms with E-state index in [4.69, 9.17) is 28.9 Å². The van der Waals surface area contributed by atoms with Crippen LogP contribution in [0.5, 0.6) is 0 Å². The van der Waals surface area contributed by atoms with Crippen LogP contribution >= 0.6 is 35.0 Å². The Morgan fingerprint density at radius 3 is 2.67 bits per heavy atom. The fraction of sp³-hybridized carbons (Fsp3) is 0. The zero-order valence-electron chi connectivity index (χ0n) is 10.6. The molecule has 0 amide bonds. The summed E-state index contributed by atoms with van der Waals surface area (Å²) >= 11 is 13.2. The zero-order chi connectivity index (χ0) is 15.0. The van der Waals surface area contributed by atoms with Crippen LogP contribution < -0.4 is 11.3 Å². The van der Waals surface area contributed by atoms with Gasteiger partial charge in [0.2, 0.25) is 0 Å². The van der Waals surface area contributed by atoms with E-state index in [1.54, 1.807) is 30.3 Å². The first-order valence-corrected chi connectivity index (χ1v) is 7.52. The van der Waals surface area contributed by atoms with Crippen molar-refractivity contribution in [2.24, 2.45) is 0 Å². The second-order valence-electron chi connectivity index (χ2n) is 4.33. The molecular weight excluding hydrogens is 329 g/mol. The lowest BCUT2D eigenvalue weighted by Crippen LogP contribution is -2.09. The van der Waals surface area contributed by atoms with E-state index in [1.807, 2.05) is 6.07 Å². The Morgan fingerprint density at radius 2 is 1.90 bits per heavy atom. The van der Waals surface area contributed by atoms with Crippen LogP contribution in [0.15, 0.2) is 51.2 Å². The van der Waals surface area contributed by atoms with Gasteiger partial charge in [-0.25, -0.2) is 4.98 Å². The number of anilines is 1. The number of aromatic amines is 1. The van der Waals surface area contributed by atoms with E-state index in [0.29, 0.717) is 31.8 Å². The van der Waals surface area contributed by atoms with E-state index in [0.717, 1.165) is 4.90 Å². The van der Waals surface area contributed by atoms with Crippen molar-refractivity contribution < 1.29 is 0 Å². The Kier molecular flexibility index (Phi) is 3.80. The lowest BCUT2D eigenvalue weighted by atomic mass is 10.2. The maximum absolute atomic E-state index is 12.1. The van der Waals surface area contributed by atoms with Crippen molar-refractivity contribution in [2.75, 3.05) is 5.73 Å². The standard InChI is InChI=1S/C14H9Cl2N3OS/c15-10-3-2-8(6-11(10)16)21-14-18-12-4-1-7(17)5-9(12)13(20)19-14/h1-6H,17H2,(H,18,19,20). The highest BCUT2D eigenvalue weighted by Crippen LogP contribution is 2.31. The molecule has 0 spiro atoms. The molecule has 3 N–H and O–H groups in total. The molecule has 0 atom stereocenters. The molecule has 3 aromatic rings. The van der Waals surface area contributed by atoms with Gasteiger partial charge in [0.15, 0.2) is 5.16 Å². The van der Waals surface area contributed by atoms with E-state index in [-0.39, 0.29) is 5.56 Å². The first-order valence-electron chi connectivity index (χ1n) is 5.95. The Balaban J connectivity index is 2.03. The van der Waals surface area contributed by atoms with Crippen LogP contribution in [-0.2, 0) is 0 Å². The fourth-order valence-corrected chi connectivity index (χ4v) is 3.02. The zero-order valence-corrected chi connectivity index (χ0v) is 12.9.